The molecule has 1 heterocycles. The summed E-state index contributed by atoms with van der Waals surface area (Å²) in [6.45, 7) is 7.13. The van der Waals surface area contributed by atoms with Gasteiger partial charge in [0.1, 0.15) is 12.1 Å². The summed E-state index contributed by atoms with van der Waals surface area (Å²) in [5.74, 6) is -0.466. The quantitative estimate of drug-likeness (QED) is 0.458. The lowest BCUT2D eigenvalue weighted by Crippen LogP contribution is -2.17. The van der Waals surface area contributed by atoms with Crippen LogP contribution in [0.1, 0.15) is 11.1 Å². The third kappa shape index (κ3) is 3.43. The standard InChI is InChI=1S/C21H12N8O2S/c1-25-16-7-8-18-13(9-16)3-2-4-19(18)32(30,31)29-20(24)27-21(28-29)26-17-6-5-14(11-22)15(10-17)12-23/h2-10H,(H3,24,26,27,28). The molecule has 0 saturated heterocycles. The molecule has 3 N–H and O–H groups in total. The van der Waals surface area contributed by atoms with Gasteiger partial charge in [-0.2, -0.15) is 23.9 Å². The van der Waals surface area contributed by atoms with Gasteiger partial charge in [-0.15, -0.1) is 9.19 Å². The highest BCUT2D eigenvalue weighted by atomic mass is 32.2. The first-order chi connectivity index (χ1) is 15.4. The fraction of sp³-hybridized carbons (Fsp3) is 0. The molecule has 0 spiro atoms. The van der Waals surface area contributed by atoms with Crippen LogP contribution < -0.4 is 11.1 Å². The molecule has 3 aromatic carbocycles. The Morgan fingerprint density at radius 2 is 1.84 bits per heavy atom. The van der Waals surface area contributed by atoms with E-state index in [1.165, 1.54) is 30.3 Å². The molecule has 0 radical (unpaired) electrons. The van der Waals surface area contributed by atoms with Gasteiger partial charge in [-0.25, -0.2) is 4.85 Å². The maximum atomic E-state index is 13.3. The fourth-order valence-corrected chi connectivity index (χ4v) is 4.48. The van der Waals surface area contributed by atoms with E-state index in [0.717, 1.165) is 0 Å². The average molecular weight is 440 g/mol. The summed E-state index contributed by atoms with van der Waals surface area (Å²) in [7, 11) is -4.21. The molecule has 1 aromatic heterocycles. The second-order valence-electron chi connectivity index (χ2n) is 6.52. The number of rotatable bonds is 4. The zero-order valence-corrected chi connectivity index (χ0v) is 17.0. The van der Waals surface area contributed by atoms with Crippen LogP contribution in [0.4, 0.5) is 23.3 Å². The summed E-state index contributed by atoms with van der Waals surface area (Å²) in [6, 6.07) is 17.6. The average Bonchev–Trinajstić information content (AvgIpc) is 3.18. The van der Waals surface area contributed by atoms with E-state index in [4.69, 9.17) is 22.8 Å². The number of nitrogen functional groups attached to an aromatic ring is 1. The molecule has 10 nitrogen and oxygen atoms in total. The monoisotopic (exact) mass is 440 g/mol. The van der Waals surface area contributed by atoms with Crippen LogP contribution in [0.2, 0.25) is 0 Å². The number of nitrogens with two attached hydrogens (primary N) is 1. The Morgan fingerprint density at radius 3 is 2.56 bits per heavy atom. The number of anilines is 3. The molecule has 0 aliphatic rings. The summed E-state index contributed by atoms with van der Waals surface area (Å²) in [5.41, 5.74) is 6.96. The Hall–Kier alpha value is -4.92. The topological polar surface area (TPSA) is 155 Å². The summed E-state index contributed by atoms with van der Waals surface area (Å²) in [6.07, 6.45) is 0. The number of benzene rings is 3. The molecule has 0 saturated carbocycles. The minimum atomic E-state index is -4.21. The van der Waals surface area contributed by atoms with Gasteiger partial charge in [0.25, 0.3) is 10.0 Å². The van der Waals surface area contributed by atoms with Gasteiger partial charge in [0.05, 0.1) is 22.6 Å². The molecule has 0 fully saturated rings. The van der Waals surface area contributed by atoms with Gasteiger partial charge < -0.3 is 11.1 Å². The van der Waals surface area contributed by atoms with Crippen molar-refractivity contribution in [1.29, 1.82) is 10.5 Å². The largest absolute Gasteiger partial charge is 0.367 e. The van der Waals surface area contributed by atoms with Crippen LogP contribution in [0.3, 0.4) is 0 Å². The van der Waals surface area contributed by atoms with Gasteiger partial charge >= 0.3 is 0 Å². The van der Waals surface area contributed by atoms with Gasteiger partial charge in [-0.3, -0.25) is 0 Å². The van der Waals surface area contributed by atoms with Crippen LogP contribution >= 0.6 is 0 Å². The van der Waals surface area contributed by atoms with Gasteiger partial charge in [0.2, 0.25) is 11.9 Å². The highest BCUT2D eigenvalue weighted by Gasteiger charge is 2.25. The zero-order valence-electron chi connectivity index (χ0n) is 16.2. The molecular formula is C21H12N8O2S. The summed E-state index contributed by atoms with van der Waals surface area (Å²) < 4.78 is 27.2. The maximum Gasteiger partial charge on any atom is 0.286 e. The van der Waals surface area contributed by atoms with Crippen LogP contribution in [-0.2, 0) is 10.0 Å². The van der Waals surface area contributed by atoms with Crippen molar-refractivity contribution in [2.45, 2.75) is 4.90 Å². The molecule has 0 bridgehead atoms. The highest BCUT2D eigenvalue weighted by molar-refractivity contribution is 7.90. The first kappa shape index (κ1) is 20.4. The van der Waals surface area contributed by atoms with Crippen molar-refractivity contribution in [2.75, 3.05) is 11.1 Å². The van der Waals surface area contributed by atoms with Crippen LogP contribution in [0.25, 0.3) is 15.6 Å². The molecular weight excluding hydrogens is 428 g/mol. The number of nitrogens with one attached hydrogen (secondary N) is 1. The van der Waals surface area contributed by atoms with Gasteiger partial charge in [-0.05, 0) is 41.1 Å². The van der Waals surface area contributed by atoms with Crippen LogP contribution in [0, 0.1) is 29.2 Å². The third-order valence-corrected chi connectivity index (χ3v) is 6.21. The molecule has 0 unspecified atom stereocenters. The lowest BCUT2D eigenvalue weighted by Gasteiger charge is -2.09. The van der Waals surface area contributed by atoms with Crippen LogP contribution in [0.15, 0.2) is 59.5 Å². The molecule has 154 valence electrons. The molecule has 4 rings (SSSR count). The number of hydrogen-bond donors (Lipinski definition) is 2. The second-order valence-corrected chi connectivity index (χ2v) is 8.26. The first-order valence-electron chi connectivity index (χ1n) is 8.97. The maximum absolute atomic E-state index is 13.3. The van der Waals surface area contributed by atoms with E-state index in [1.54, 1.807) is 24.3 Å². The van der Waals surface area contributed by atoms with Crippen molar-refractivity contribution in [2.24, 2.45) is 0 Å². The van der Waals surface area contributed by atoms with E-state index in [9.17, 15) is 8.42 Å². The van der Waals surface area contributed by atoms with Crippen molar-refractivity contribution in [3.8, 4) is 12.1 Å². The molecule has 0 aliphatic heterocycles. The highest BCUT2D eigenvalue weighted by Crippen LogP contribution is 2.29. The van der Waals surface area contributed by atoms with E-state index in [0.29, 0.717) is 26.2 Å². The van der Waals surface area contributed by atoms with Gasteiger partial charge in [-0.1, -0.05) is 24.3 Å². The Kier molecular flexibility index (Phi) is 4.91. The van der Waals surface area contributed by atoms with E-state index in [-0.39, 0.29) is 27.9 Å². The smallest absolute Gasteiger partial charge is 0.286 e. The van der Waals surface area contributed by atoms with E-state index < -0.39 is 10.0 Å². The van der Waals surface area contributed by atoms with Crippen molar-refractivity contribution < 1.29 is 8.42 Å². The molecule has 0 atom stereocenters. The molecule has 32 heavy (non-hydrogen) atoms. The van der Waals surface area contributed by atoms with Gasteiger partial charge in [0, 0.05) is 5.69 Å². The normalized spacial score (nSPS) is 10.8. The predicted octanol–water partition coefficient (Wildman–Crippen LogP) is 3.29. The van der Waals surface area contributed by atoms with Crippen LogP contribution in [-0.4, -0.2) is 22.6 Å². The second kappa shape index (κ2) is 7.73. The molecule has 4 aromatic rings. The zero-order chi connectivity index (χ0) is 22.9. The summed E-state index contributed by atoms with van der Waals surface area (Å²) in [4.78, 5) is 7.27. The predicted molar refractivity (Wildman–Crippen MR) is 116 cm³/mol. The van der Waals surface area contributed by atoms with Crippen LogP contribution in [0.5, 0.6) is 0 Å². The lowest BCUT2D eigenvalue weighted by atomic mass is 10.1. The SMILES string of the molecule is [C-]#[N+]c1ccc2c(S(=O)(=O)n3nc(Nc4ccc(C#N)c(C#N)c4)nc3N)cccc2c1. The minimum absolute atomic E-state index is 0.0418. The van der Waals surface area contributed by atoms with E-state index in [2.05, 4.69) is 20.2 Å². The number of fused-ring (bicyclic) bond motifs is 1. The number of nitriles is 2. The van der Waals surface area contributed by atoms with Crippen molar-refractivity contribution in [3.63, 3.8) is 0 Å². The Balaban J connectivity index is 1.75. The van der Waals surface area contributed by atoms with E-state index in [1.807, 2.05) is 12.1 Å². The van der Waals surface area contributed by atoms with Crippen molar-refractivity contribution >= 4 is 44.1 Å². The lowest BCUT2D eigenvalue weighted by molar-refractivity contribution is 0.582. The Labute approximate surface area is 182 Å². The molecule has 0 amide bonds. The number of nitrogens with zero attached hydrogens (tertiary/aromatic N) is 6. The van der Waals surface area contributed by atoms with Crippen molar-refractivity contribution in [3.05, 3.63) is 77.1 Å². The molecule has 0 aliphatic carbocycles. The van der Waals surface area contributed by atoms with Crippen molar-refractivity contribution in [1.82, 2.24) is 14.2 Å². The Bertz CT molecular complexity index is 1620. The Morgan fingerprint density at radius 1 is 1.06 bits per heavy atom. The van der Waals surface area contributed by atoms with Gasteiger partial charge in [0.15, 0.2) is 5.69 Å². The fourth-order valence-electron chi connectivity index (χ4n) is 3.11. The minimum Gasteiger partial charge on any atom is -0.367 e. The number of hydrogen-bond acceptors (Lipinski definition) is 8. The number of aromatic nitrogens is 3. The van der Waals surface area contributed by atoms with E-state index >= 15 is 0 Å². The third-order valence-electron chi connectivity index (χ3n) is 4.58. The summed E-state index contributed by atoms with van der Waals surface area (Å²) >= 11 is 0. The summed E-state index contributed by atoms with van der Waals surface area (Å²) in [5, 5.41) is 25.9. The molecule has 11 heteroatoms. The first-order valence-corrected chi connectivity index (χ1v) is 10.4.